The van der Waals surface area contributed by atoms with E-state index in [4.69, 9.17) is 4.84 Å². The lowest BCUT2D eigenvalue weighted by molar-refractivity contribution is 0.152. The molecule has 0 aromatic rings. The minimum atomic E-state index is 0.701. The lowest BCUT2D eigenvalue weighted by Crippen LogP contribution is -2.31. The number of aliphatic imine (C=N–C) groups is 1. The first-order valence-corrected chi connectivity index (χ1v) is 5.31. The van der Waals surface area contributed by atoms with E-state index in [1.807, 2.05) is 6.08 Å². The molecule has 1 N–H and O–H groups in total. The van der Waals surface area contributed by atoms with Crippen molar-refractivity contribution in [1.82, 2.24) is 5.48 Å². The van der Waals surface area contributed by atoms with Crippen molar-refractivity contribution in [2.45, 2.75) is 25.7 Å². The third-order valence-corrected chi connectivity index (χ3v) is 3.21. The van der Waals surface area contributed by atoms with Gasteiger partial charge in [-0.2, -0.15) is 0 Å². The predicted octanol–water partition coefficient (Wildman–Crippen LogP) is 1.93. The number of hydroxylamine groups is 1. The molecule has 0 fully saturated rings. The van der Waals surface area contributed by atoms with E-state index in [0.29, 0.717) is 5.92 Å². The first-order valence-electron chi connectivity index (χ1n) is 5.31. The van der Waals surface area contributed by atoms with Crippen molar-refractivity contribution in [2.75, 3.05) is 6.54 Å². The van der Waals surface area contributed by atoms with Gasteiger partial charge in [0.15, 0.2) is 0 Å². The standard InChI is InChI=1S/C11H14N2O/c1-2-8-3-4-10-9(5-7-14-13-10)11(8)12-6-1/h5,7-8,13H,1-4,6H2. The van der Waals surface area contributed by atoms with Gasteiger partial charge in [0.25, 0.3) is 0 Å². The Labute approximate surface area is 83.5 Å². The molecule has 3 nitrogen and oxygen atoms in total. The normalized spacial score (nSPS) is 29.7. The Morgan fingerprint density at radius 2 is 2.43 bits per heavy atom. The number of nitrogens with one attached hydrogen (secondary N) is 1. The molecule has 0 bridgehead atoms. The Kier molecular flexibility index (Phi) is 1.82. The molecule has 3 heteroatoms. The fourth-order valence-electron chi connectivity index (χ4n) is 2.50. The first-order chi connectivity index (χ1) is 6.95. The lowest BCUT2D eigenvalue weighted by Gasteiger charge is -2.31. The summed E-state index contributed by atoms with van der Waals surface area (Å²) in [7, 11) is 0. The van der Waals surface area contributed by atoms with Crippen LogP contribution in [0.3, 0.4) is 0 Å². The van der Waals surface area contributed by atoms with Crippen LogP contribution >= 0.6 is 0 Å². The fourth-order valence-corrected chi connectivity index (χ4v) is 2.50. The number of hydrogen-bond donors (Lipinski definition) is 1. The molecule has 1 unspecified atom stereocenters. The summed E-state index contributed by atoms with van der Waals surface area (Å²) in [4.78, 5) is 9.72. The van der Waals surface area contributed by atoms with Crippen LogP contribution in [0.5, 0.6) is 0 Å². The highest BCUT2D eigenvalue weighted by Crippen LogP contribution is 2.33. The van der Waals surface area contributed by atoms with E-state index < -0.39 is 0 Å². The third-order valence-electron chi connectivity index (χ3n) is 3.21. The molecule has 0 aromatic heterocycles. The summed E-state index contributed by atoms with van der Waals surface area (Å²) >= 11 is 0. The lowest BCUT2D eigenvalue weighted by atomic mass is 9.80. The number of nitrogens with zero attached hydrogens (tertiary/aromatic N) is 1. The van der Waals surface area contributed by atoms with Gasteiger partial charge in [-0.15, -0.1) is 0 Å². The molecule has 0 radical (unpaired) electrons. The highest BCUT2D eigenvalue weighted by atomic mass is 16.6. The number of hydrogen-bond acceptors (Lipinski definition) is 3. The number of fused-ring (bicyclic) bond motifs is 2. The molecule has 14 heavy (non-hydrogen) atoms. The maximum atomic E-state index is 5.08. The maximum absolute atomic E-state index is 5.08. The van der Waals surface area contributed by atoms with Crippen LogP contribution < -0.4 is 5.48 Å². The Hall–Kier alpha value is -1.25. The zero-order chi connectivity index (χ0) is 9.38. The zero-order valence-electron chi connectivity index (χ0n) is 8.12. The Morgan fingerprint density at radius 3 is 3.43 bits per heavy atom. The van der Waals surface area contributed by atoms with E-state index in [1.165, 1.54) is 36.2 Å². The molecule has 1 aliphatic carbocycles. The van der Waals surface area contributed by atoms with E-state index >= 15 is 0 Å². The van der Waals surface area contributed by atoms with E-state index in [9.17, 15) is 0 Å². The monoisotopic (exact) mass is 190 g/mol. The highest BCUT2D eigenvalue weighted by Gasteiger charge is 2.29. The van der Waals surface area contributed by atoms with E-state index in [2.05, 4.69) is 10.5 Å². The molecule has 0 amide bonds. The topological polar surface area (TPSA) is 33.6 Å². The molecular formula is C11H14N2O. The molecule has 0 saturated heterocycles. The molecule has 2 aliphatic heterocycles. The summed E-state index contributed by atoms with van der Waals surface area (Å²) in [5.41, 5.74) is 6.77. The van der Waals surface area contributed by atoms with Gasteiger partial charge in [0.1, 0.15) is 6.26 Å². The summed E-state index contributed by atoms with van der Waals surface area (Å²) in [5.74, 6) is 0.701. The second kappa shape index (κ2) is 3.15. The molecule has 74 valence electrons. The van der Waals surface area contributed by atoms with Crippen LogP contribution in [0.25, 0.3) is 0 Å². The first kappa shape index (κ1) is 8.09. The molecule has 3 aliphatic rings. The van der Waals surface area contributed by atoms with E-state index in [-0.39, 0.29) is 0 Å². The molecule has 0 aromatic carbocycles. The molecule has 3 rings (SSSR count). The molecular weight excluding hydrogens is 176 g/mol. The van der Waals surface area contributed by atoms with Crippen molar-refractivity contribution in [3.8, 4) is 0 Å². The van der Waals surface area contributed by atoms with Gasteiger partial charge >= 0.3 is 0 Å². The second-order valence-corrected chi connectivity index (χ2v) is 4.06. The van der Waals surface area contributed by atoms with Gasteiger partial charge < -0.3 is 4.84 Å². The fraction of sp³-hybridized carbons (Fsp3) is 0.545. The summed E-state index contributed by atoms with van der Waals surface area (Å²) < 4.78 is 0. The third kappa shape index (κ3) is 1.15. The minimum Gasteiger partial charge on any atom is -0.390 e. The Balaban J connectivity index is 2.02. The average molecular weight is 190 g/mol. The highest BCUT2D eigenvalue weighted by molar-refractivity contribution is 6.05. The zero-order valence-corrected chi connectivity index (χ0v) is 8.12. The summed E-state index contributed by atoms with van der Waals surface area (Å²) in [5, 5.41) is 0. The van der Waals surface area contributed by atoms with Gasteiger partial charge in [-0.25, -0.2) is 5.48 Å². The van der Waals surface area contributed by atoms with Gasteiger partial charge in [-0.3, -0.25) is 4.99 Å². The second-order valence-electron chi connectivity index (χ2n) is 4.06. The van der Waals surface area contributed by atoms with Gasteiger partial charge in [0, 0.05) is 23.7 Å². The van der Waals surface area contributed by atoms with Crippen LogP contribution in [0, 0.1) is 5.92 Å². The number of allylic oxidation sites excluding steroid dienone is 3. The van der Waals surface area contributed by atoms with Crippen molar-refractivity contribution in [1.29, 1.82) is 0 Å². The Morgan fingerprint density at radius 1 is 1.43 bits per heavy atom. The quantitative estimate of drug-likeness (QED) is 0.633. The van der Waals surface area contributed by atoms with Crippen molar-refractivity contribution >= 4 is 5.71 Å². The largest absolute Gasteiger partial charge is 0.390 e. The van der Waals surface area contributed by atoms with Crippen molar-refractivity contribution < 1.29 is 4.84 Å². The van der Waals surface area contributed by atoms with Crippen molar-refractivity contribution in [2.24, 2.45) is 10.9 Å². The van der Waals surface area contributed by atoms with Crippen LogP contribution in [0.4, 0.5) is 0 Å². The average Bonchev–Trinajstić information content (AvgIpc) is 2.29. The van der Waals surface area contributed by atoms with E-state index in [0.717, 1.165) is 13.0 Å². The van der Waals surface area contributed by atoms with Gasteiger partial charge in [-0.05, 0) is 31.8 Å². The van der Waals surface area contributed by atoms with Crippen LogP contribution in [0.15, 0.2) is 28.6 Å². The SMILES string of the molecule is C1=CC2=C(CCC3CCCN=C23)NO1. The maximum Gasteiger partial charge on any atom is 0.119 e. The summed E-state index contributed by atoms with van der Waals surface area (Å²) in [6.45, 7) is 0.997. The Bertz CT molecular complexity index is 341. The van der Waals surface area contributed by atoms with Crippen molar-refractivity contribution in [3.63, 3.8) is 0 Å². The van der Waals surface area contributed by atoms with Crippen LogP contribution in [0.2, 0.25) is 0 Å². The van der Waals surface area contributed by atoms with E-state index in [1.54, 1.807) is 6.26 Å². The molecule has 0 saturated carbocycles. The van der Waals surface area contributed by atoms with Crippen LogP contribution in [-0.4, -0.2) is 12.3 Å². The smallest absolute Gasteiger partial charge is 0.119 e. The molecule has 0 spiro atoms. The van der Waals surface area contributed by atoms with Gasteiger partial charge in [0.2, 0.25) is 0 Å². The molecule has 1 atom stereocenters. The van der Waals surface area contributed by atoms with Crippen molar-refractivity contribution in [3.05, 3.63) is 23.6 Å². The summed E-state index contributed by atoms with van der Waals surface area (Å²) in [6, 6.07) is 0. The van der Waals surface area contributed by atoms with Crippen LogP contribution in [-0.2, 0) is 4.84 Å². The van der Waals surface area contributed by atoms with Gasteiger partial charge in [0.05, 0.1) is 5.70 Å². The summed E-state index contributed by atoms with van der Waals surface area (Å²) in [6.07, 6.45) is 8.64. The molecule has 2 heterocycles. The van der Waals surface area contributed by atoms with Crippen LogP contribution in [0.1, 0.15) is 25.7 Å². The van der Waals surface area contributed by atoms with Gasteiger partial charge in [-0.1, -0.05) is 0 Å². The minimum absolute atomic E-state index is 0.701. The number of rotatable bonds is 0. The predicted molar refractivity (Wildman–Crippen MR) is 54.6 cm³/mol.